The minimum atomic E-state index is -1.04. The maximum Gasteiger partial charge on any atom is 0.300 e. The van der Waals surface area contributed by atoms with Crippen LogP contribution in [0.3, 0.4) is 0 Å². The lowest BCUT2D eigenvalue weighted by atomic mass is 9.94. The molecule has 0 bridgehead atoms. The molecule has 39 heavy (non-hydrogen) atoms. The molecule has 196 valence electrons. The van der Waals surface area contributed by atoms with Crippen molar-refractivity contribution in [1.82, 2.24) is 0 Å². The second-order valence-corrected chi connectivity index (χ2v) is 9.15. The van der Waals surface area contributed by atoms with Gasteiger partial charge in [-0.3, -0.25) is 14.5 Å². The van der Waals surface area contributed by atoms with E-state index in [0.717, 1.165) is 11.1 Å². The number of benzene rings is 4. The van der Waals surface area contributed by atoms with Crippen molar-refractivity contribution in [3.8, 4) is 17.2 Å². The zero-order valence-corrected chi connectivity index (χ0v) is 21.5. The van der Waals surface area contributed by atoms with Crippen molar-refractivity contribution < 1.29 is 29.3 Å². The molecule has 1 fully saturated rings. The second kappa shape index (κ2) is 10.8. The third kappa shape index (κ3) is 4.82. The fourth-order valence-corrected chi connectivity index (χ4v) is 4.78. The summed E-state index contributed by atoms with van der Waals surface area (Å²) in [5, 5.41) is 22.1. The van der Waals surface area contributed by atoms with E-state index in [1.165, 1.54) is 18.1 Å². The molecule has 0 radical (unpaired) electrons. The van der Waals surface area contributed by atoms with Gasteiger partial charge in [-0.25, -0.2) is 0 Å². The smallest absolute Gasteiger partial charge is 0.300 e. The zero-order valence-electron chi connectivity index (χ0n) is 21.5. The molecule has 1 aliphatic rings. The number of aliphatic hydroxyl groups is 1. The maximum atomic E-state index is 13.5. The number of ether oxygens (including phenoxy) is 2. The van der Waals surface area contributed by atoms with E-state index in [4.69, 9.17) is 9.47 Å². The fourth-order valence-electron chi connectivity index (χ4n) is 4.78. The number of nitrogens with zero attached hydrogens (tertiary/aromatic N) is 1. The van der Waals surface area contributed by atoms with E-state index in [9.17, 15) is 19.8 Å². The molecule has 5 rings (SSSR count). The van der Waals surface area contributed by atoms with Crippen LogP contribution in [0.15, 0.2) is 103 Å². The first-order valence-corrected chi connectivity index (χ1v) is 12.4. The van der Waals surface area contributed by atoms with Gasteiger partial charge in [-0.15, -0.1) is 0 Å². The number of para-hydroxylation sites is 3. The molecule has 1 aliphatic heterocycles. The highest BCUT2D eigenvalue weighted by molar-refractivity contribution is 6.52. The number of hydrogen-bond donors (Lipinski definition) is 2. The number of amides is 1. The van der Waals surface area contributed by atoms with Gasteiger partial charge in [0.2, 0.25) is 0 Å². The molecule has 1 unspecified atom stereocenters. The Morgan fingerprint density at radius 1 is 0.872 bits per heavy atom. The fraction of sp³-hybridized carbons (Fsp3) is 0.125. The number of aromatic hydroxyl groups is 1. The van der Waals surface area contributed by atoms with Crippen LogP contribution in [-0.4, -0.2) is 29.0 Å². The SMILES string of the molecule is COc1ccccc1C1/C(=C(\O)c2ccc(OCc3ccccc3)c(C)c2)C(=O)C(=O)N1c1ccccc1O. The molecule has 2 N–H and O–H groups in total. The molecular weight excluding hydrogens is 494 g/mol. The molecule has 0 spiro atoms. The molecule has 7 nitrogen and oxygen atoms in total. The number of phenolic OH excluding ortho intramolecular Hbond substituents is 1. The second-order valence-electron chi connectivity index (χ2n) is 9.15. The van der Waals surface area contributed by atoms with E-state index in [-0.39, 0.29) is 22.8 Å². The predicted molar refractivity (Wildman–Crippen MR) is 148 cm³/mol. The molecule has 1 heterocycles. The van der Waals surface area contributed by atoms with Crippen LogP contribution in [0.25, 0.3) is 5.76 Å². The topological polar surface area (TPSA) is 96.3 Å². The van der Waals surface area contributed by atoms with Crippen LogP contribution in [-0.2, 0) is 16.2 Å². The first kappa shape index (κ1) is 25.6. The van der Waals surface area contributed by atoms with E-state index in [1.807, 2.05) is 37.3 Å². The molecule has 0 aromatic heterocycles. The van der Waals surface area contributed by atoms with Crippen molar-refractivity contribution in [2.75, 3.05) is 12.0 Å². The maximum absolute atomic E-state index is 13.5. The summed E-state index contributed by atoms with van der Waals surface area (Å²) in [4.78, 5) is 28.0. The lowest BCUT2D eigenvalue weighted by Gasteiger charge is -2.27. The Morgan fingerprint density at radius 2 is 1.56 bits per heavy atom. The van der Waals surface area contributed by atoms with E-state index in [1.54, 1.807) is 60.7 Å². The Kier molecular flexibility index (Phi) is 7.06. The van der Waals surface area contributed by atoms with Crippen LogP contribution in [0.2, 0.25) is 0 Å². The van der Waals surface area contributed by atoms with Gasteiger partial charge < -0.3 is 19.7 Å². The zero-order chi connectivity index (χ0) is 27.5. The summed E-state index contributed by atoms with van der Waals surface area (Å²) in [5.74, 6) is -1.18. The Labute approximate surface area is 226 Å². The average Bonchev–Trinajstić information content (AvgIpc) is 3.22. The van der Waals surface area contributed by atoms with Gasteiger partial charge >= 0.3 is 0 Å². The van der Waals surface area contributed by atoms with Crippen molar-refractivity contribution in [1.29, 1.82) is 0 Å². The number of rotatable bonds is 7. The Balaban J connectivity index is 1.60. The van der Waals surface area contributed by atoms with Gasteiger partial charge in [0, 0.05) is 11.1 Å². The molecular formula is C32H27NO6. The van der Waals surface area contributed by atoms with Crippen LogP contribution in [0.1, 0.15) is 28.3 Å². The molecule has 0 aliphatic carbocycles. The lowest BCUT2D eigenvalue weighted by Crippen LogP contribution is -2.29. The van der Waals surface area contributed by atoms with Gasteiger partial charge in [-0.2, -0.15) is 0 Å². The van der Waals surface area contributed by atoms with Gasteiger partial charge in [0.1, 0.15) is 29.6 Å². The molecule has 4 aromatic rings. The van der Waals surface area contributed by atoms with Crippen LogP contribution in [0.4, 0.5) is 5.69 Å². The third-order valence-electron chi connectivity index (χ3n) is 6.70. The minimum absolute atomic E-state index is 0.106. The van der Waals surface area contributed by atoms with Crippen molar-refractivity contribution in [3.63, 3.8) is 0 Å². The number of hydrogen-bond acceptors (Lipinski definition) is 6. The number of carbonyl (C=O) groups is 2. The normalized spacial score (nSPS) is 16.4. The van der Waals surface area contributed by atoms with Crippen LogP contribution < -0.4 is 14.4 Å². The van der Waals surface area contributed by atoms with E-state index >= 15 is 0 Å². The predicted octanol–water partition coefficient (Wildman–Crippen LogP) is 5.91. The molecule has 1 saturated heterocycles. The number of aliphatic hydroxyl groups excluding tert-OH is 1. The summed E-state index contributed by atoms with van der Waals surface area (Å²) in [6.45, 7) is 2.22. The van der Waals surface area contributed by atoms with E-state index in [2.05, 4.69) is 0 Å². The summed E-state index contributed by atoms with van der Waals surface area (Å²) in [7, 11) is 1.49. The van der Waals surface area contributed by atoms with Crippen molar-refractivity contribution >= 4 is 23.1 Å². The number of aryl methyl sites for hydroxylation is 1. The first-order chi connectivity index (χ1) is 18.9. The number of anilines is 1. The van der Waals surface area contributed by atoms with Gasteiger partial charge in [-0.05, 0) is 54.4 Å². The lowest BCUT2D eigenvalue weighted by molar-refractivity contribution is -0.132. The average molecular weight is 522 g/mol. The van der Waals surface area contributed by atoms with Gasteiger partial charge in [-0.1, -0.05) is 60.7 Å². The monoisotopic (exact) mass is 521 g/mol. The highest BCUT2D eigenvalue weighted by Gasteiger charge is 2.48. The van der Waals surface area contributed by atoms with Crippen LogP contribution in [0, 0.1) is 6.92 Å². The summed E-state index contributed by atoms with van der Waals surface area (Å²) >= 11 is 0. The summed E-state index contributed by atoms with van der Waals surface area (Å²) in [5.41, 5.74) is 2.66. The molecule has 0 saturated carbocycles. The Hall–Kier alpha value is -5.04. The number of methoxy groups -OCH3 is 1. The minimum Gasteiger partial charge on any atom is -0.507 e. The molecule has 1 atom stereocenters. The van der Waals surface area contributed by atoms with E-state index in [0.29, 0.717) is 29.2 Å². The number of phenols is 1. The highest BCUT2D eigenvalue weighted by atomic mass is 16.5. The summed E-state index contributed by atoms with van der Waals surface area (Å²) in [6.07, 6.45) is 0. The summed E-state index contributed by atoms with van der Waals surface area (Å²) < 4.78 is 11.5. The van der Waals surface area contributed by atoms with Gasteiger partial charge in [0.05, 0.1) is 24.4 Å². The standard InChI is InChI=1S/C32H27NO6/c1-20-18-22(16-17-26(20)39-19-21-10-4-3-5-11-21)30(35)28-29(23-12-6-9-15-27(23)38-2)33(32(37)31(28)36)24-13-7-8-14-25(24)34/h3-18,29,34-35H,19H2,1-2H3/b30-28+. The largest absolute Gasteiger partial charge is 0.507 e. The van der Waals surface area contributed by atoms with Crippen molar-refractivity contribution in [2.45, 2.75) is 19.6 Å². The quantitative estimate of drug-likeness (QED) is 0.178. The van der Waals surface area contributed by atoms with Crippen molar-refractivity contribution in [2.24, 2.45) is 0 Å². The van der Waals surface area contributed by atoms with Crippen LogP contribution in [0.5, 0.6) is 17.2 Å². The number of carbonyl (C=O) groups excluding carboxylic acids is 2. The molecule has 1 amide bonds. The van der Waals surface area contributed by atoms with Crippen molar-refractivity contribution in [3.05, 3.63) is 125 Å². The van der Waals surface area contributed by atoms with Crippen LogP contribution >= 0.6 is 0 Å². The Morgan fingerprint density at radius 3 is 2.28 bits per heavy atom. The number of Topliss-reactive ketones (excluding diaryl/α,β-unsaturated/α-hetero) is 1. The third-order valence-corrected chi connectivity index (χ3v) is 6.70. The van der Waals surface area contributed by atoms with E-state index < -0.39 is 17.7 Å². The van der Waals surface area contributed by atoms with Gasteiger partial charge in [0.25, 0.3) is 11.7 Å². The molecule has 7 heteroatoms. The molecule has 4 aromatic carbocycles. The highest BCUT2D eigenvalue weighted by Crippen LogP contribution is 2.47. The summed E-state index contributed by atoms with van der Waals surface area (Å²) in [6, 6.07) is 27.0. The Bertz CT molecular complexity index is 1580. The number of ketones is 1. The van der Waals surface area contributed by atoms with Gasteiger partial charge in [0.15, 0.2) is 0 Å². The first-order valence-electron chi connectivity index (χ1n) is 12.4.